The topological polar surface area (TPSA) is 64.1 Å². The lowest BCUT2D eigenvalue weighted by atomic mass is 10.0. The monoisotopic (exact) mass is 307 g/mol. The van der Waals surface area contributed by atoms with E-state index in [9.17, 15) is 0 Å². The van der Waals surface area contributed by atoms with Gasteiger partial charge in [-0.1, -0.05) is 12.1 Å². The van der Waals surface area contributed by atoms with Crippen LogP contribution < -0.4 is 0 Å². The maximum Gasteiger partial charge on any atom is 0.138 e. The molecule has 1 aliphatic rings. The van der Waals surface area contributed by atoms with Gasteiger partial charge in [-0.3, -0.25) is 9.69 Å². The third kappa shape index (κ3) is 2.50. The predicted molar refractivity (Wildman–Crippen MR) is 86.2 cm³/mol. The number of aromatic nitrogens is 5. The number of hydrogen-bond acceptors (Lipinski definition) is 5. The molecule has 0 saturated heterocycles. The summed E-state index contributed by atoms with van der Waals surface area (Å²) < 4.78 is 3.57. The van der Waals surface area contributed by atoms with Crippen LogP contribution in [0.15, 0.2) is 54.4 Å². The van der Waals surface area contributed by atoms with Crippen LogP contribution in [0.3, 0.4) is 0 Å². The van der Waals surface area contributed by atoms with Gasteiger partial charge in [0.05, 0.1) is 23.6 Å². The van der Waals surface area contributed by atoms with Crippen molar-refractivity contribution in [2.24, 2.45) is 12.1 Å². The molecule has 0 N–H and O–H groups in total. The molecule has 0 amide bonds. The minimum atomic E-state index is 0.244. The molecule has 0 spiro atoms. The molecule has 0 radical (unpaired) electrons. The summed E-state index contributed by atoms with van der Waals surface area (Å²) in [7, 11) is 3.94. The van der Waals surface area contributed by atoms with Gasteiger partial charge < -0.3 is 0 Å². The van der Waals surface area contributed by atoms with Gasteiger partial charge in [0.15, 0.2) is 0 Å². The zero-order valence-electron chi connectivity index (χ0n) is 13.0. The van der Waals surface area contributed by atoms with E-state index >= 15 is 0 Å². The highest BCUT2D eigenvalue weighted by Crippen LogP contribution is 2.30. The number of benzene rings is 1. The van der Waals surface area contributed by atoms with Crippen molar-refractivity contribution in [2.45, 2.75) is 12.5 Å². The van der Waals surface area contributed by atoms with Crippen molar-refractivity contribution in [3.63, 3.8) is 0 Å². The molecule has 7 nitrogen and oxygen atoms in total. The van der Waals surface area contributed by atoms with E-state index in [1.165, 1.54) is 11.9 Å². The van der Waals surface area contributed by atoms with Crippen molar-refractivity contribution >= 4 is 5.71 Å². The molecule has 3 aromatic rings. The first-order chi connectivity index (χ1) is 11.2. The Balaban J connectivity index is 1.56. The minimum Gasteiger partial charge on any atom is -0.292 e. The molecule has 116 valence electrons. The lowest BCUT2D eigenvalue weighted by Crippen LogP contribution is -2.13. The van der Waals surface area contributed by atoms with Crippen LogP contribution in [0.5, 0.6) is 0 Å². The Kier molecular flexibility index (Phi) is 3.18. The van der Waals surface area contributed by atoms with Crippen LogP contribution in [0.1, 0.15) is 23.6 Å². The summed E-state index contributed by atoms with van der Waals surface area (Å²) in [6.45, 7) is 0. The highest BCUT2D eigenvalue weighted by molar-refractivity contribution is 6.01. The van der Waals surface area contributed by atoms with Crippen molar-refractivity contribution in [1.29, 1.82) is 0 Å². The summed E-state index contributed by atoms with van der Waals surface area (Å²) in [5.41, 5.74) is 4.40. The largest absolute Gasteiger partial charge is 0.292 e. The molecule has 3 heterocycles. The van der Waals surface area contributed by atoms with E-state index in [1.54, 1.807) is 11.0 Å². The van der Waals surface area contributed by atoms with Crippen LogP contribution in [0.4, 0.5) is 0 Å². The van der Waals surface area contributed by atoms with Gasteiger partial charge >= 0.3 is 0 Å². The lowest BCUT2D eigenvalue weighted by Gasteiger charge is -2.16. The van der Waals surface area contributed by atoms with E-state index in [-0.39, 0.29) is 6.04 Å². The Labute approximate surface area is 133 Å². The van der Waals surface area contributed by atoms with Crippen LogP contribution in [-0.4, -0.2) is 42.3 Å². The Morgan fingerprint density at radius 2 is 1.91 bits per heavy atom. The van der Waals surface area contributed by atoms with Gasteiger partial charge in [-0.15, -0.1) is 0 Å². The van der Waals surface area contributed by atoms with Crippen LogP contribution in [0, 0.1) is 0 Å². The van der Waals surface area contributed by atoms with Crippen LogP contribution in [-0.2, 0) is 7.05 Å². The third-order valence-electron chi connectivity index (χ3n) is 4.11. The predicted octanol–water partition coefficient (Wildman–Crippen LogP) is 1.78. The summed E-state index contributed by atoms with van der Waals surface area (Å²) >= 11 is 0. The van der Waals surface area contributed by atoms with Crippen LogP contribution in [0.2, 0.25) is 0 Å². The maximum atomic E-state index is 4.70. The minimum absolute atomic E-state index is 0.244. The number of nitrogens with zero attached hydrogens (tertiary/aromatic N) is 7. The molecule has 4 rings (SSSR count). The van der Waals surface area contributed by atoms with E-state index in [0.717, 1.165) is 23.4 Å². The molecule has 0 aliphatic carbocycles. The van der Waals surface area contributed by atoms with Crippen molar-refractivity contribution in [3.05, 3.63) is 60.4 Å². The Bertz CT molecular complexity index is 830. The van der Waals surface area contributed by atoms with E-state index in [1.807, 2.05) is 48.3 Å². The first-order valence-corrected chi connectivity index (χ1v) is 7.45. The summed E-state index contributed by atoms with van der Waals surface area (Å²) in [4.78, 5) is 3.97. The summed E-state index contributed by atoms with van der Waals surface area (Å²) in [6, 6.07) is 8.46. The average molecular weight is 307 g/mol. The molecule has 0 bridgehead atoms. The van der Waals surface area contributed by atoms with Crippen molar-refractivity contribution < 1.29 is 0 Å². The lowest BCUT2D eigenvalue weighted by molar-refractivity contribution is 0.290. The molecular formula is C16H17N7. The number of aryl methyl sites for hydroxylation is 1. The van der Waals surface area contributed by atoms with Gasteiger partial charge in [0.1, 0.15) is 12.7 Å². The van der Waals surface area contributed by atoms with Gasteiger partial charge in [0, 0.05) is 32.3 Å². The number of hydrogen-bond donors (Lipinski definition) is 0. The fourth-order valence-corrected chi connectivity index (χ4v) is 2.89. The van der Waals surface area contributed by atoms with E-state index in [2.05, 4.69) is 27.3 Å². The fourth-order valence-electron chi connectivity index (χ4n) is 2.89. The first kappa shape index (κ1) is 13.7. The van der Waals surface area contributed by atoms with Crippen molar-refractivity contribution in [2.75, 3.05) is 7.05 Å². The molecule has 0 saturated carbocycles. The normalized spacial score (nSPS) is 17.6. The van der Waals surface area contributed by atoms with Gasteiger partial charge in [-0.05, 0) is 17.7 Å². The quantitative estimate of drug-likeness (QED) is 0.740. The summed E-state index contributed by atoms with van der Waals surface area (Å²) in [5.74, 6) is 0. The Hall–Kier alpha value is -2.96. The second-order valence-electron chi connectivity index (χ2n) is 5.67. The van der Waals surface area contributed by atoms with Gasteiger partial charge in [0.25, 0.3) is 0 Å². The maximum absolute atomic E-state index is 4.70. The van der Waals surface area contributed by atoms with E-state index in [4.69, 9.17) is 5.10 Å². The Morgan fingerprint density at radius 3 is 2.57 bits per heavy atom. The van der Waals surface area contributed by atoms with Gasteiger partial charge in [-0.2, -0.15) is 15.3 Å². The molecule has 1 aliphatic heterocycles. The highest BCUT2D eigenvalue weighted by atomic mass is 15.5. The third-order valence-corrected chi connectivity index (χ3v) is 4.11. The molecule has 0 fully saturated rings. The molecule has 2 aromatic heterocycles. The molecule has 7 heteroatoms. The zero-order chi connectivity index (χ0) is 15.8. The van der Waals surface area contributed by atoms with Crippen molar-refractivity contribution in [1.82, 2.24) is 29.6 Å². The molecule has 0 unspecified atom stereocenters. The van der Waals surface area contributed by atoms with Gasteiger partial charge in [-0.25, -0.2) is 9.67 Å². The van der Waals surface area contributed by atoms with Crippen LogP contribution in [0.25, 0.3) is 5.69 Å². The smallest absolute Gasteiger partial charge is 0.138 e. The number of hydrazone groups is 1. The molecule has 1 aromatic carbocycles. The number of rotatable bonds is 3. The zero-order valence-corrected chi connectivity index (χ0v) is 13.0. The van der Waals surface area contributed by atoms with Crippen LogP contribution >= 0.6 is 0 Å². The second-order valence-corrected chi connectivity index (χ2v) is 5.67. The van der Waals surface area contributed by atoms with Gasteiger partial charge in [0.2, 0.25) is 0 Å². The summed E-state index contributed by atoms with van der Waals surface area (Å²) in [5, 5.41) is 15.1. The molecule has 23 heavy (non-hydrogen) atoms. The Morgan fingerprint density at radius 1 is 1.09 bits per heavy atom. The first-order valence-electron chi connectivity index (χ1n) is 7.45. The van der Waals surface area contributed by atoms with Crippen molar-refractivity contribution in [3.8, 4) is 5.69 Å². The fraction of sp³-hybridized carbons (Fsp3) is 0.250. The standard InChI is InChI=1S/C16H17N7/c1-21-9-13(8-18-21)16-7-15(20-22(16)2)12-3-5-14(6-4-12)23-11-17-10-19-23/h3-6,8-11,16H,7H2,1-2H3/t16-/m1/s1. The average Bonchev–Trinajstić information content (AvgIpc) is 3.28. The molecular weight excluding hydrogens is 290 g/mol. The SMILES string of the molecule is CN1N=C(c2ccc(-n3cncn3)cc2)C[C@@H]1c1cnn(C)c1. The summed E-state index contributed by atoms with van der Waals surface area (Å²) in [6.07, 6.45) is 8.06. The highest BCUT2D eigenvalue weighted by Gasteiger charge is 2.27. The van der Waals surface area contributed by atoms with E-state index < -0.39 is 0 Å². The van der Waals surface area contributed by atoms with E-state index in [0.29, 0.717) is 0 Å². The second kappa shape index (κ2) is 5.35. The molecule has 1 atom stereocenters.